The predicted molar refractivity (Wildman–Crippen MR) is 210 cm³/mol. The molecule has 4 aliphatic heterocycles. The van der Waals surface area contributed by atoms with Crippen LogP contribution in [0.25, 0.3) is 0 Å². The number of benzene rings is 4. The molecule has 4 aromatic carbocycles. The van der Waals surface area contributed by atoms with E-state index in [0.29, 0.717) is 13.1 Å². The summed E-state index contributed by atoms with van der Waals surface area (Å²) in [5.41, 5.74) is 7.48. The molecular formula is C45H54F2N6O. The standard InChI is InChI=1S/C45H54F2N6O/c46-37-19-15-33(16-20-37)7-5-9-35-31-52(43(50-27-23-48-24-28-50)41-13-3-1-11-39(35)41)45(54)53-32-36(10-6-8-34-17-21-38(47)22-18-34)40-12-2-4-14-42(40)44(53)51-29-25-49-26-30-51/h1-4,11-22,35-36,43-44,48-49H,5-10,23-32H2. The average Bonchev–Trinajstić information content (AvgIpc) is 3.22. The Morgan fingerprint density at radius 2 is 0.907 bits per heavy atom. The van der Waals surface area contributed by atoms with Gasteiger partial charge in [-0.25, -0.2) is 13.6 Å². The Kier molecular flexibility index (Phi) is 11.7. The molecule has 8 rings (SSSR count). The number of carbonyl (C=O) groups is 1. The molecule has 4 atom stereocenters. The molecule has 54 heavy (non-hydrogen) atoms. The van der Waals surface area contributed by atoms with Crippen molar-refractivity contribution in [3.8, 4) is 0 Å². The highest BCUT2D eigenvalue weighted by molar-refractivity contribution is 5.77. The van der Waals surface area contributed by atoms with Crippen molar-refractivity contribution in [1.29, 1.82) is 0 Å². The highest BCUT2D eigenvalue weighted by Crippen LogP contribution is 2.45. The van der Waals surface area contributed by atoms with Gasteiger partial charge in [-0.15, -0.1) is 0 Å². The van der Waals surface area contributed by atoms with Gasteiger partial charge in [0.25, 0.3) is 0 Å². The summed E-state index contributed by atoms with van der Waals surface area (Å²) in [5, 5.41) is 7.06. The van der Waals surface area contributed by atoms with Crippen LogP contribution in [0.5, 0.6) is 0 Å². The van der Waals surface area contributed by atoms with Crippen LogP contribution < -0.4 is 10.6 Å². The summed E-state index contributed by atoms with van der Waals surface area (Å²) in [5.74, 6) is -0.0118. The summed E-state index contributed by atoms with van der Waals surface area (Å²) in [6.07, 6.45) is 5.29. The van der Waals surface area contributed by atoms with E-state index >= 15 is 4.79 Å². The second-order valence-corrected chi connectivity index (χ2v) is 15.6. The average molecular weight is 733 g/mol. The SMILES string of the molecule is O=C(N1CC(CCCc2ccc(F)cc2)c2ccccc2C1N1CCNCC1)N1CC(CCCc2ccc(F)cc2)c2ccccc2C1N1CCNCC1. The predicted octanol–water partition coefficient (Wildman–Crippen LogP) is 7.44. The third-order valence-electron chi connectivity index (χ3n) is 12.2. The first-order valence-corrected chi connectivity index (χ1v) is 20.2. The van der Waals surface area contributed by atoms with Crippen molar-refractivity contribution in [2.24, 2.45) is 0 Å². The minimum atomic E-state index is -0.206. The third-order valence-corrected chi connectivity index (χ3v) is 12.2. The maximum absolute atomic E-state index is 15.7. The maximum atomic E-state index is 15.7. The summed E-state index contributed by atoms with van der Waals surface area (Å²) < 4.78 is 27.3. The van der Waals surface area contributed by atoms with Crippen molar-refractivity contribution >= 4 is 6.03 Å². The molecule has 2 saturated heterocycles. The van der Waals surface area contributed by atoms with Crippen LogP contribution in [0.15, 0.2) is 97.1 Å². The number of amides is 2. The number of carbonyl (C=O) groups excluding carboxylic acids is 1. The van der Waals surface area contributed by atoms with Crippen molar-refractivity contribution < 1.29 is 13.6 Å². The van der Waals surface area contributed by atoms with E-state index in [1.54, 1.807) is 24.3 Å². The van der Waals surface area contributed by atoms with Crippen LogP contribution >= 0.6 is 0 Å². The number of piperazine rings is 2. The van der Waals surface area contributed by atoms with Crippen molar-refractivity contribution in [3.05, 3.63) is 142 Å². The van der Waals surface area contributed by atoms with Crippen LogP contribution in [0.4, 0.5) is 13.6 Å². The summed E-state index contributed by atoms with van der Waals surface area (Å²) in [4.78, 5) is 25.2. The van der Waals surface area contributed by atoms with E-state index in [2.05, 4.69) is 78.8 Å². The van der Waals surface area contributed by atoms with E-state index in [9.17, 15) is 8.78 Å². The Labute approximate surface area is 319 Å². The molecule has 4 aliphatic rings. The first kappa shape index (κ1) is 36.8. The fourth-order valence-corrected chi connectivity index (χ4v) is 9.51. The zero-order valence-corrected chi connectivity index (χ0v) is 31.3. The lowest BCUT2D eigenvalue weighted by Crippen LogP contribution is -2.60. The summed E-state index contributed by atoms with van der Waals surface area (Å²) in [7, 11) is 0. The monoisotopic (exact) mass is 732 g/mol. The number of nitrogens with zero attached hydrogens (tertiary/aromatic N) is 4. The smallest absolute Gasteiger partial charge is 0.314 e. The van der Waals surface area contributed by atoms with Crippen molar-refractivity contribution in [2.45, 2.75) is 62.7 Å². The van der Waals surface area contributed by atoms with E-state index in [4.69, 9.17) is 0 Å². The van der Waals surface area contributed by atoms with Gasteiger partial charge in [-0.2, -0.15) is 0 Å². The summed E-state index contributed by atoms with van der Waals surface area (Å²) in [6, 6.07) is 31.5. The van der Waals surface area contributed by atoms with Gasteiger partial charge in [0.05, 0.1) is 0 Å². The number of rotatable bonds is 10. The minimum Gasteiger partial charge on any atom is -0.314 e. The zero-order valence-electron chi connectivity index (χ0n) is 31.3. The number of urea groups is 1. The van der Waals surface area contributed by atoms with Crippen LogP contribution in [0.2, 0.25) is 0 Å². The van der Waals surface area contributed by atoms with Crippen LogP contribution in [0, 0.1) is 11.6 Å². The Hall–Kier alpha value is -4.15. The van der Waals surface area contributed by atoms with Gasteiger partial charge in [0, 0.05) is 77.3 Å². The second-order valence-electron chi connectivity index (χ2n) is 15.6. The van der Waals surface area contributed by atoms with E-state index in [0.717, 1.165) is 102 Å². The van der Waals surface area contributed by atoms with Gasteiger partial charge < -0.3 is 20.4 Å². The summed E-state index contributed by atoms with van der Waals surface area (Å²) >= 11 is 0. The molecule has 0 aliphatic carbocycles. The largest absolute Gasteiger partial charge is 0.323 e. The fraction of sp³-hybridized carbons (Fsp3) is 0.444. The van der Waals surface area contributed by atoms with Gasteiger partial charge in [0.15, 0.2) is 0 Å². The van der Waals surface area contributed by atoms with Crippen LogP contribution in [0.3, 0.4) is 0 Å². The third kappa shape index (κ3) is 8.10. The van der Waals surface area contributed by atoms with Crippen LogP contribution in [-0.4, -0.2) is 91.1 Å². The zero-order chi connectivity index (χ0) is 36.9. The Morgan fingerprint density at radius 1 is 0.537 bits per heavy atom. The molecule has 2 fully saturated rings. The molecule has 0 bridgehead atoms. The Morgan fingerprint density at radius 3 is 1.30 bits per heavy atom. The van der Waals surface area contributed by atoms with Gasteiger partial charge in [-0.1, -0.05) is 72.8 Å². The fourth-order valence-electron chi connectivity index (χ4n) is 9.51. The maximum Gasteiger partial charge on any atom is 0.323 e. The molecule has 4 unspecified atom stereocenters. The van der Waals surface area contributed by atoms with E-state index in [1.165, 1.54) is 22.3 Å². The van der Waals surface area contributed by atoms with Crippen molar-refractivity contribution in [2.75, 3.05) is 65.4 Å². The Balaban J connectivity index is 1.12. The molecule has 7 nitrogen and oxygen atoms in total. The topological polar surface area (TPSA) is 54.1 Å². The van der Waals surface area contributed by atoms with Crippen LogP contribution in [-0.2, 0) is 12.8 Å². The number of aryl methyl sites for hydroxylation is 2. The van der Waals surface area contributed by atoms with Gasteiger partial charge in [-0.3, -0.25) is 9.80 Å². The minimum absolute atomic E-state index is 0.123. The lowest BCUT2D eigenvalue weighted by Gasteiger charge is -2.52. The van der Waals surface area contributed by atoms with Gasteiger partial charge in [-0.05, 0) is 96.2 Å². The highest BCUT2D eigenvalue weighted by atomic mass is 19.1. The number of nitrogens with one attached hydrogen (secondary N) is 2. The normalized spacial score (nSPS) is 23.5. The molecular weight excluding hydrogens is 679 g/mol. The van der Waals surface area contributed by atoms with E-state index < -0.39 is 0 Å². The molecule has 4 aromatic rings. The first-order chi connectivity index (χ1) is 26.5. The quantitative estimate of drug-likeness (QED) is 0.178. The number of halogens is 2. The highest BCUT2D eigenvalue weighted by Gasteiger charge is 2.45. The molecule has 2 N–H and O–H groups in total. The molecule has 284 valence electrons. The van der Waals surface area contributed by atoms with Crippen molar-refractivity contribution in [1.82, 2.24) is 30.2 Å². The van der Waals surface area contributed by atoms with Crippen molar-refractivity contribution in [3.63, 3.8) is 0 Å². The summed E-state index contributed by atoms with van der Waals surface area (Å²) in [6.45, 7) is 8.46. The number of hydrogen-bond donors (Lipinski definition) is 2. The Bertz CT molecular complexity index is 1710. The molecule has 0 spiro atoms. The number of fused-ring (bicyclic) bond motifs is 2. The molecule has 2 amide bonds. The van der Waals surface area contributed by atoms with Gasteiger partial charge in [0.1, 0.15) is 24.0 Å². The molecule has 0 radical (unpaired) electrons. The van der Waals surface area contributed by atoms with E-state index in [1.807, 2.05) is 24.3 Å². The lowest BCUT2D eigenvalue weighted by atomic mass is 9.83. The van der Waals surface area contributed by atoms with E-state index in [-0.39, 0.29) is 41.8 Å². The van der Waals surface area contributed by atoms with Crippen LogP contribution in [0.1, 0.15) is 83.2 Å². The molecule has 0 aromatic heterocycles. The molecule has 0 saturated carbocycles. The second kappa shape index (κ2) is 17.1. The first-order valence-electron chi connectivity index (χ1n) is 20.2. The molecule has 9 heteroatoms. The molecule has 4 heterocycles. The van der Waals surface area contributed by atoms with Gasteiger partial charge in [0.2, 0.25) is 0 Å². The number of hydrogen-bond acceptors (Lipinski definition) is 5. The lowest BCUT2D eigenvalue weighted by molar-refractivity contribution is -0.00782. The van der Waals surface area contributed by atoms with Gasteiger partial charge >= 0.3 is 6.03 Å².